The third kappa shape index (κ3) is 3.86. The first-order chi connectivity index (χ1) is 12.7. The molecular weight excluding hydrogens is 386 g/mol. The number of hydrogen-bond acceptors (Lipinski definition) is 4. The average Bonchev–Trinajstić information content (AvgIpc) is 3.12. The maximum Gasteiger partial charge on any atom is 0.265 e. The molecule has 144 valence electrons. The normalized spacial score (nSPS) is 11.7. The van der Waals surface area contributed by atoms with Crippen LogP contribution in [0.25, 0.3) is 0 Å². The second-order valence-electron chi connectivity index (χ2n) is 6.35. The summed E-state index contributed by atoms with van der Waals surface area (Å²) in [6.45, 7) is 8.42. The van der Waals surface area contributed by atoms with E-state index >= 15 is 0 Å². The highest BCUT2D eigenvalue weighted by Crippen LogP contribution is 2.25. The Morgan fingerprint density at radius 2 is 1.74 bits per heavy atom. The van der Waals surface area contributed by atoms with Gasteiger partial charge in [-0.05, 0) is 45.4 Å². The van der Waals surface area contributed by atoms with E-state index in [0.29, 0.717) is 35.2 Å². The highest BCUT2D eigenvalue weighted by atomic mass is 35.5. The van der Waals surface area contributed by atoms with Crippen molar-refractivity contribution in [3.05, 3.63) is 58.1 Å². The minimum Gasteiger partial charge on any atom is -0.276 e. The van der Waals surface area contributed by atoms with Crippen LogP contribution in [0, 0.1) is 20.8 Å². The van der Waals surface area contributed by atoms with Gasteiger partial charge in [0.2, 0.25) is 0 Å². The fourth-order valence-electron chi connectivity index (χ4n) is 2.96. The molecule has 9 heteroatoms. The number of benzene rings is 1. The minimum absolute atomic E-state index is 0.175. The number of sulfonamides is 1. The van der Waals surface area contributed by atoms with Crippen LogP contribution in [0.2, 0.25) is 5.02 Å². The summed E-state index contributed by atoms with van der Waals surface area (Å²) in [6, 6.07) is 7.48. The van der Waals surface area contributed by atoms with Gasteiger partial charge in [0.15, 0.2) is 0 Å². The standard InChI is InChI=1S/C18H22ClN5O2S/c1-5-23-13(3)17(10-20-23)27(25,26)22-18-12(2)21-24(14(18)4)11-15-6-8-16(19)9-7-15/h6-10,22H,5,11H2,1-4H3. The van der Waals surface area contributed by atoms with Gasteiger partial charge in [0.05, 0.1) is 35.5 Å². The summed E-state index contributed by atoms with van der Waals surface area (Å²) in [6.07, 6.45) is 1.38. The van der Waals surface area contributed by atoms with E-state index in [2.05, 4.69) is 14.9 Å². The summed E-state index contributed by atoms with van der Waals surface area (Å²) in [5.74, 6) is 0. The molecule has 0 unspecified atom stereocenters. The van der Waals surface area contributed by atoms with Gasteiger partial charge in [-0.3, -0.25) is 14.1 Å². The van der Waals surface area contributed by atoms with E-state index in [1.165, 1.54) is 6.20 Å². The van der Waals surface area contributed by atoms with Crippen molar-refractivity contribution >= 4 is 27.3 Å². The topological polar surface area (TPSA) is 81.8 Å². The molecule has 0 aliphatic rings. The van der Waals surface area contributed by atoms with E-state index in [1.807, 2.05) is 38.1 Å². The van der Waals surface area contributed by atoms with Crippen LogP contribution in [0.15, 0.2) is 35.4 Å². The van der Waals surface area contributed by atoms with E-state index in [-0.39, 0.29) is 4.90 Å². The van der Waals surface area contributed by atoms with E-state index in [9.17, 15) is 8.42 Å². The van der Waals surface area contributed by atoms with Crippen molar-refractivity contribution in [3.8, 4) is 0 Å². The molecular formula is C18H22ClN5O2S. The van der Waals surface area contributed by atoms with Crippen molar-refractivity contribution in [2.24, 2.45) is 0 Å². The Hall–Kier alpha value is -2.32. The quantitative estimate of drug-likeness (QED) is 0.677. The molecule has 3 rings (SSSR count). The summed E-state index contributed by atoms with van der Waals surface area (Å²) < 4.78 is 31.8. The summed E-state index contributed by atoms with van der Waals surface area (Å²) in [7, 11) is -3.75. The van der Waals surface area contributed by atoms with Crippen molar-refractivity contribution in [1.82, 2.24) is 19.6 Å². The van der Waals surface area contributed by atoms with Crippen LogP contribution < -0.4 is 4.72 Å². The zero-order valence-corrected chi connectivity index (χ0v) is 17.3. The molecule has 0 radical (unpaired) electrons. The number of aryl methyl sites for hydroxylation is 2. The predicted octanol–water partition coefficient (Wildman–Crippen LogP) is 3.53. The van der Waals surface area contributed by atoms with Crippen molar-refractivity contribution in [1.29, 1.82) is 0 Å². The number of halogens is 1. The fraction of sp³-hybridized carbons (Fsp3) is 0.333. The molecule has 0 aliphatic heterocycles. The van der Waals surface area contributed by atoms with Crippen molar-refractivity contribution in [2.75, 3.05) is 4.72 Å². The van der Waals surface area contributed by atoms with E-state index < -0.39 is 10.0 Å². The number of rotatable bonds is 6. The van der Waals surface area contributed by atoms with Crippen LogP contribution in [-0.2, 0) is 23.1 Å². The molecule has 0 bridgehead atoms. The Kier molecular flexibility index (Phi) is 5.30. The highest BCUT2D eigenvalue weighted by molar-refractivity contribution is 7.92. The highest BCUT2D eigenvalue weighted by Gasteiger charge is 2.24. The van der Waals surface area contributed by atoms with Gasteiger partial charge in [-0.1, -0.05) is 23.7 Å². The first-order valence-corrected chi connectivity index (χ1v) is 10.4. The molecule has 1 N–H and O–H groups in total. The minimum atomic E-state index is -3.75. The van der Waals surface area contributed by atoms with E-state index in [1.54, 1.807) is 23.2 Å². The molecule has 0 aliphatic carbocycles. The van der Waals surface area contributed by atoms with Crippen molar-refractivity contribution in [3.63, 3.8) is 0 Å². The van der Waals surface area contributed by atoms with Gasteiger partial charge in [-0.15, -0.1) is 0 Å². The van der Waals surface area contributed by atoms with Gasteiger partial charge in [-0.2, -0.15) is 10.2 Å². The molecule has 0 saturated heterocycles. The van der Waals surface area contributed by atoms with Gasteiger partial charge < -0.3 is 0 Å². The number of hydrogen-bond donors (Lipinski definition) is 1. The first-order valence-electron chi connectivity index (χ1n) is 8.56. The Morgan fingerprint density at radius 1 is 1.07 bits per heavy atom. The van der Waals surface area contributed by atoms with Crippen molar-refractivity contribution in [2.45, 2.75) is 45.7 Å². The molecule has 7 nitrogen and oxygen atoms in total. The summed E-state index contributed by atoms with van der Waals surface area (Å²) >= 11 is 5.93. The maximum absolute atomic E-state index is 12.8. The molecule has 0 amide bonds. The fourth-order valence-corrected chi connectivity index (χ4v) is 4.44. The van der Waals surface area contributed by atoms with Crippen LogP contribution in [0.3, 0.4) is 0 Å². The van der Waals surface area contributed by atoms with Gasteiger partial charge in [-0.25, -0.2) is 8.42 Å². The molecule has 2 aromatic heterocycles. The van der Waals surface area contributed by atoms with Gasteiger partial charge in [0, 0.05) is 11.6 Å². The summed E-state index contributed by atoms with van der Waals surface area (Å²) in [5, 5.41) is 9.28. The second-order valence-corrected chi connectivity index (χ2v) is 8.43. The Labute approximate surface area is 164 Å². The van der Waals surface area contributed by atoms with Crippen molar-refractivity contribution < 1.29 is 8.42 Å². The Bertz CT molecular complexity index is 1070. The number of anilines is 1. The van der Waals surface area contributed by atoms with Crippen LogP contribution in [-0.4, -0.2) is 28.0 Å². The van der Waals surface area contributed by atoms with Crippen LogP contribution in [0.1, 0.15) is 29.6 Å². The maximum atomic E-state index is 12.8. The SMILES string of the molecule is CCn1ncc(S(=O)(=O)Nc2c(C)nn(Cc3ccc(Cl)cc3)c2C)c1C. The second kappa shape index (κ2) is 7.36. The number of nitrogens with one attached hydrogen (secondary N) is 1. The lowest BCUT2D eigenvalue weighted by atomic mass is 10.2. The molecule has 0 spiro atoms. The molecule has 2 heterocycles. The van der Waals surface area contributed by atoms with Gasteiger partial charge in [0.25, 0.3) is 10.0 Å². The van der Waals surface area contributed by atoms with Crippen LogP contribution >= 0.6 is 11.6 Å². The molecule has 0 fully saturated rings. The zero-order valence-electron chi connectivity index (χ0n) is 15.7. The largest absolute Gasteiger partial charge is 0.276 e. The van der Waals surface area contributed by atoms with E-state index in [4.69, 9.17) is 11.6 Å². The third-order valence-electron chi connectivity index (χ3n) is 4.51. The lowest BCUT2D eigenvalue weighted by Gasteiger charge is -2.09. The monoisotopic (exact) mass is 407 g/mol. The molecule has 1 aromatic carbocycles. The molecule has 3 aromatic rings. The molecule has 27 heavy (non-hydrogen) atoms. The predicted molar refractivity (Wildman–Crippen MR) is 106 cm³/mol. The Morgan fingerprint density at radius 3 is 2.33 bits per heavy atom. The van der Waals surface area contributed by atoms with Crippen LogP contribution in [0.4, 0.5) is 5.69 Å². The van der Waals surface area contributed by atoms with Crippen LogP contribution in [0.5, 0.6) is 0 Å². The van der Waals surface area contributed by atoms with Gasteiger partial charge in [0.1, 0.15) is 4.90 Å². The first kappa shape index (κ1) is 19.4. The van der Waals surface area contributed by atoms with E-state index in [0.717, 1.165) is 11.3 Å². The third-order valence-corrected chi connectivity index (χ3v) is 6.22. The summed E-state index contributed by atoms with van der Waals surface area (Å²) in [4.78, 5) is 0.175. The average molecular weight is 408 g/mol. The number of aromatic nitrogens is 4. The zero-order chi connectivity index (χ0) is 19.8. The lowest BCUT2D eigenvalue weighted by Crippen LogP contribution is -2.15. The summed E-state index contributed by atoms with van der Waals surface area (Å²) in [5.41, 5.74) is 3.48. The van der Waals surface area contributed by atoms with Gasteiger partial charge >= 0.3 is 0 Å². The molecule has 0 atom stereocenters. The number of nitrogens with zero attached hydrogens (tertiary/aromatic N) is 4. The Balaban J connectivity index is 1.90. The molecule has 0 saturated carbocycles. The smallest absolute Gasteiger partial charge is 0.265 e. The lowest BCUT2D eigenvalue weighted by molar-refractivity contribution is 0.598.